The van der Waals surface area contributed by atoms with Gasteiger partial charge in [-0.05, 0) is 54.9 Å². The Hall–Kier alpha value is -5.06. The van der Waals surface area contributed by atoms with Crippen LogP contribution in [0.3, 0.4) is 0 Å². The second kappa shape index (κ2) is 14.1. The summed E-state index contributed by atoms with van der Waals surface area (Å²) < 4.78 is 17.5. The number of anilines is 2. The summed E-state index contributed by atoms with van der Waals surface area (Å²) in [6, 6.07) is 28.2. The molecule has 3 atom stereocenters. The van der Waals surface area contributed by atoms with E-state index in [0.29, 0.717) is 53.8 Å². The highest BCUT2D eigenvalue weighted by Crippen LogP contribution is 2.36. The Bertz CT molecular complexity index is 1710. The lowest BCUT2D eigenvalue weighted by Gasteiger charge is -2.38. The van der Waals surface area contributed by atoms with E-state index >= 15 is 0 Å². The first-order valence-corrected chi connectivity index (χ1v) is 15.8. The number of likely N-dealkylation sites (N-methyl/N-ethyl adjacent to an activating group) is 1. The smallest absolute Gasteiger partial charge is 0.323 e. The second-order valence-electron chi connectivity index (χ2n) is 12.2. The number of hydrogen-bond acceptors (Lipinski definition) is 7. The molecule has 6 rings (SSSR count). The molecule has 0 bridgehead atoms. The van der Waals surface area contributed by atoms with Crippen LogP contribution in [-0.2, 0) is 6.54 Å². The minimum Gasteiger partial charge on any atom is -0.486 e. The fraction of sp³-hybridized carbons (Fsp3) is 0.297. The summed E-state index contributed by atoms with van der Waals surface area (Å²) in [7, 11) is 2.04. The van der Waals surface area contributed by atoms with Gasteiger partial charge in [-0.15, -0.1) is 0 Å². The van der Waals surface area contributed by atoms with Crippen LogP contribution in [0.4, 0.5) is 16.2 Å². The van der Waals surface area contributed by atoms with Gasteiger partial charge in [0.05, 0.1) is 23.9 Å². The molecule has 0 aromatic heterocycles. The topological polar surface area (TPSA) is 113 Å². The zero-order valence-corrected chi connectivity index (χ0v) is 26.8. The highest BCUT2D eigenvalue weighted by atomic mass is 16.7. The highest BCUT2D eigenvalue weighted by molar-refractivity contribution is 6.04. The van der Waals surface area contributed by atoms with E-state index in [1.165, 1.54) is 11.1 Å². The Morgan fingerprint density at radius 3 is 2.47 bits per heavy atom. The fourth-order valence-corrected chi connectivity index (χ4v) is 5.94. The van der Waals surface area contributed by atoms with Crippen LogP contribution in [0.15, 0.2) is 91.0 Å². The van der Waals surface area contributed by atoms with Gasteiger partial charge in [-0.25, -0.2) is 4.79 Å². The minimum absolute atomic E-state index is 0.0838. The lowest BCUT2D eigenvalue weighted by atomic mass is 9.98. The maximum atomic E-state index is 13.8. The third-order valence-corrected chi connectivity index (χ3v) is 8.57. The van der Waals surface area contributed by atoms with E-state index in [4.69, 9.17) is 14.2 Å². The number of carbonyl (C=O) groups is 2. The summed E-state index contributed by atoms with van der Waals surface area (Å²) in [5, 5.41) is 15.7. The molecule has 4 aromatic rings. The number of amides is 3. The van der Waals surface area contributed by atoms with Crippen LogP contribution in [-0.4, -0.2) is 72.5 Å². The molecule has 0 unspecified atom stereocenters. The van der Waals surface area contributed by atoms with Gasteiger partial charge in [0.2, 0.25) is 6.79 Å². The van der Waals surface area contributed by atoms with Gasteiger partial charge in [-0.1, -0.05) is 67.6 Å². The number of hydrogen-bond donors (Lipinski definition) is 3. The number of carbonyl (C=O) groups excluding carboxylic acids is 2. The number of aliphatic hydroxyl groups excluding tert-OH is 1. The van der Waals surface area contributed by atoms with E-state index < -0.39 is 12.1 Å². The summed E-state index contributed by atoms with van der Waals surface area (Å²) in [6.45, 7) is 5.50. The molecule has 10 heteroatoms. The summed E-state index contributed by atoms with van der Waals surface area (Å²) in [5.41, 5.74) is 4.71. The van der Waals surface area contributed by atoms with E-state index in [1.807, 2.05) is 39.1 Å². The van der Waals surface area contributed by atoms with Crippen molar-refractivity contribution in [2.75, 3.05) is 44.2 Å². The molecule has 0 saturated heterocycles. The van der Waals surface area contributed by atoms with Crippen LogP contribution < -0.4 is 24.8 Å². The number of urea groups is 1. The van der Waals surface area contributed by atoms with Crippen LogP contribution in [0.5, 0.6) is 17.2 Å². The molecule has 47 heavy (non-hydrogen) atoms. The molecule has 0 radical (unpaired) electrons. The number of para-hydroxylation sites is 1. The molecule has 0 fully saturated rings. The molecule has 0 saturated carbocycles. The molecule has 3 amide bonds. The van der Waals surface area contributed by atoms with Crippen molar-refractivity contribution in [1.82, 2.24) is 9.80 Å². The molecule has 0 aliphatic carbocycles. The van der Waals surface area contributed by atoms with E-state index in [-0.39, 0.29) is 31.3 Å². The van der Waals surface area contributed by atoms with Gasteiger partial charge in [0.15, 0.2) is 17.2 Å². The molecular formula is C37H40N4O6. The molecule has 2 aliphatic rings. The Morgan fingerprint density at radius 2 is 1.70 bits per heavy atom. The van der Waals surface area contributed by atoms with Gasteiger partial charge >= 0.3 is 6.03 Å². The molecule has 0 spiro atoms. The minimum atomic E-state index is -0.503. The van der Waals surface area contributed by atoms with Crippen molar-refractivity contribution in [3.8, 4) is 28.4 Å². The predicted molar refractivity (Wildman–Crippen MR) is 181 cm³/mol. The Morgan fingerprint density at radius 1 is 0.957 bits per heavy atom. The maximum absolute atomic E-state index is 13.8. The van der Waals surface area contributed by atoms with Crippen molar-refractivity contribution in [3.05, 3.63) is 102 Å². The SMILES string of the molecule is C[C@H](CO)N1C[C@H](C)[C@H](CN(C)Cc2ccc(-c3ccccc3)cc2)Oc2c(NC(=O)Nc3ccc4c(c3)OCO4)cccc2C1=O. The molecule has 4 aromatic carbocycles. The summed E-state index contributed by atoms with van der Waals surface area (Å²) in [4.78, 5) is 30.9. The third kappa shape index (κ3) is 7.34. The average Bonchev–Trinajstić information content (AvgIpc) is 3.55. The standard InChI is InChI=1S/C37H40N4O6/c1-24-19-41(25(2)22-42)36(43)30-10-7-11-31(39-37(44)38-29-16-17-32-33(18-29)46-23-45-32)35(30)47-34(24)21-40(3)20-26-12-14-28(15-13-26)27-8-5-4-6-9-27/h4-18,24-25,34,42H,19-23H2,1-3H3,(H2,38,39,44)/t24-,25+,34-/m0/s1. The fourth-order valence-electron chi connectivity index (χ4n) is 5.94. The van der Waals surface area contributed by atoms with Gasteiger partial charge < -0.3 is 34.9 Å². The van der Waals surface area contributed by atoms with Crippen LogP contribution in [0.1, 0.15) is 29.8 Å². The quantitative estimate of drug-likeness (QED) is 0.204. The Kier molecular flexibility index (Phi) is 9.60. The van der Waals surface area contributed by atoms with Gasteiger partial charge in [-0.3, -0.25) is 9.69 Å². The van der Waals surface area contributed by atoms with Crippen LogP contribution >= 0.6 is 0 Å². The van der Waals surface area contributed by atoms with E-state index in [9.17, 15) is 14.7 Å². The summed E-state index contributed by atoms with van der Waals surface area (Å²) in [5.74, 6) is 1.11. The molecular weight excluding hydrogens is 596 g/mol. The number of rotatable bonds is 9. The molecule has 2 heterocycles. The van der Waals surface area contributed by atoms with Gasteiger partial charge in [0.25, 0.3) is 5.91 Å². The largest absolute Gasteiger partial charge is 0.486 e. The average molecular weight is 637 g/mol. The highest BCUT2D eigenvalue weighted by Gasteiger charge is 2.34. The third-order valence-electron chi connectivity index (χ3n) is 8.57. The predicted octanol–water partition coefficient (Wildman–Crippen LogP) is 6.08. The molecule has 2 aliphatic heterocycles. The van der Waals surface area contributed by atoms with E-state index in [2.05, 4.69) is 51.9 Å². The van der Waals surface area contributed by atoms with Crippen LogP contribution in [0, 0.1) is 5.92 Å². The molecule has 10 nitrogen and oxygen atoms in total. The first-order valence-electron chi connectivity index (χ1n) is 15.8. The number of benzene rings is 4. The van der Waals surface area contributed by atoms with Crippen molar-refractivity contribution in [3.63, 3.8) is 0 Å². The number of nitrogens with one attached hydrogen (secondary N) is 2. The van der Waals surface area contributed by atoms with Gasteiger partial charge in [0.1, 0.15) is 6.10 Å². The lowest BCUT2D eigenvalue weighted by Crippen LogP contribution is -2.49. The normalized spacial score (nSPS) is 17.7. The van der Waals surface area contributed by atoms with Crippen LogP contribution in [0.25, 0.3) is 11.1 Å². The van der Waals surface area contributed by atoms with Crippen molar-refractivity contribution in [2.45, 2.75) is 32.5 Å². The lowest BCUT2D eigenvalue weighted by molar-refractivity contribution is 0.0343. The van der Waals surface area contributed by atoms with Crippen molar-refractivity contribution < 1.29 is 28.9 Å². The zero-order chi connectivity index (χ0) is 32.9. The van der Waals surface area contributed by atoms with E-state index in [1.54, 1.807) is 41.3 Å². The van der Waals surface area contributed by atoms with Crippen molar-refractivity contribution >= 4 is 23.3 Å². The van der Waals surface area contributed by atoms with Crippen molar-refractivity contribution in [2.24, 2.45) is 5.92 Å². The van der Waals surface area contributed by atoms with Crippen molar-refractivity contribution in [1.29, 1.82) is 0 Å². The second-order valence-corrected chi connectivity index (χ2v) is 12.2. The number of ether oxygens (including phenoxy) is 3. The molecule has 3 N–H and O–H groups in total. The molecule has 244 valence electrons. The van der Waals surface area contributed by atoms with E-state index in [0.717, 1.165) is 5.56 Å². The van der Waals surface area contributed by atoms with Gasteiger partial charge in [-0.2, -0.15) is 0 Å². The first-order chi connectivity index (χ1) is 22.8. The van der Waals surface area contributed by atoms with Crippen LogP contribution in [0.2, 0.25) is 0 Å². The monoisotopic (exact) mass is 636 g/mol. The Balaban J connectivity index is 1.22. The summed E-state index contributed by atoms with van der Waals surface area (Å²) >= 11 is 0. The number of aliphatic hydroxyl groups is 1. The number of fused-ring (bicyclic) bond motifs is 2. The zero-order valence-electron chi connectivity index (χ0n) is 26.8. The van der Waals surface area contributed by atoms with Gasteiger partial charge in [0, 0.05) is 37.3 Å². The number of nitrogens with zero attached hydrogens (tertiary/aromatic N) is 2. The maximum Gasteiger partial charge on any atom is 0.323 e. The Labute approximate surface area is 274 Å². The first kappa shape index (κ1) is 31.9. The summed E-state index contributed by atoms with van der Waals surface area (Å²) in [6.07, 6.45) is -0.330.